The van der Waals surface area contributed by atoms with Gasteiger partial charge in [-0.15, -0.1) is 0 Å². The smallest absolute Gasteiger partial charge is 0.222 e. The number of anilines is 2. The van der Waals surface area contributed by atoms with Gasteiger partial charge in [-0.1, -0.05) is 30.0 Å². The van der Waals surface area contributed by atoms with Gasteiger partial charge in [0.15, 0.2) is 0 Å². The minimum atomic E-state index is -0.114. The Morgan fingerprint density at radius 2 is 1.81 bits per heavy atom. The number of hydrogen-bond acceptors (Lipinski definition) is 5. The number of thioether (sulfide) groups is 1. The topological polar surface area (TPSA) is 51.4 Å². The van der Waals surface area contributed by atoms with Crippen molar-refractivity contribution in [3.63, 3.8) is 0 Å². The molecule has 0 radical (unpaired) electrons. The molecule has 26 heavy (non-hydrogen) atoms. The Labute approximate surface area is 157 Å². The van der Waals surface area contributed by atoms with Crippen molar-refractivity contribution in [2.24, 2.45) is 5.73 Å². The van der Waals surface area contributed by atoms with E-state index in [9.17, 15) is 0 Å². The van der Waals surface area contributed by atoms with Crippen molar-refractivity contribution in [3.05, 3.63) is 72.4 Å². The zero-order valence-corrected chi connectivity index (χ0v) is 15.0. The van der Waals surface area contributed by atoms with Crippen molar-refractivity contribution < 1.29 is 4.74 Å². The number of pyridine rings is 1. The Hall–Kier alpha value is -2.50. The highest BCUT2D eigenvalue weighted by Gasteiger charge is 2.29. The molecule has 1 saturated carbocycles. The van der Waals surface area contributed by atoms with Gasteiger partial charge in [-0.3, -0.25) is 0 Å². The number of hydrogen-bond donors (Lipinski definition) is 1. The number of rotatable bonds is 4. The Kier molecular flexibility index (Phi) is 3.84. The van der Waals surface area contributed by atoms with E-state index in [-0.39, 0.29) is 5.50 Å². The van der Waals surface area contributed by atoms with Gasteiger partial charge in [-0.25, -0.2) is 4.98 Å². The maximum Gasteiger partial charge on any atom is 0.222 e. The molecule has 2 aromatic carbocycles. The summed E-state index contributed by atoms with van der Waals surface area (Å²) in [5, 5.41) is 0. The average molecular weight is 361 g/mol. The summed E-state index contributed by atoms with van der Waals surface area (Å²) >= 11 is 1.68. The largest absolute Gasteiger partial charge is 0.439 e. The fourth-order valence-electron chi connectivity index (χ4n) is 3.34. The summed E-state index contributed by atoms with van der Waals surface area (Å²) in [6.45, 7) is 0. The lowest BCUT2D eigenvalue weighted by molar-refractivity contribution is 0.456. The zero-order valence-electron chi connectivity index (χ0n) is 14.2. The maximum atomic E-state index is 6.33. The Bertz CT molecular complexity index is 940. The molecule has 1 atom stereocenters. The van der Waals surface area contributed by atoms with Crippen molar-refractivity contribution in [1.82, 2.24) is 4.98 Å². The Morgan fingerprint density at radius 3 is 2.62 bits per heavy atom. The zero-order chi connectivity index (χ0) is 17.5. The summed E-state index contributed by atoms with van der Waals surface area (Å²) in [7, 11) is 0. The minimum Gasteiger partial charge on any atom is -0.439 e. The lowest BCUT2D eigenvalue weighted by Crippen LogP contribution is -2.31. The molecular formula is C21H19N3OS. The van der Waals surface area contributed by atoms with Gasteiger partial charge in [-0.2, -0.15) is 0 Å². The summed E-state index contributed by atoms with van der Waals surface area (Å²) in [5.41, 5.74) is 9.64. The standard InChI is InChI=1S/C21H19N3OS/c22-21-24(18-5-1-2-6-19(18)26-21)15-9-11-16(12-10-15)25-20-17(14-7-8-14)4-3-13-23-20/h1-6,9-14,21H,7-8,22H2. The first-order valence-electron chi connectivity index (χ1n) is 8.83. The minimum absolute atomic E-state index is 0.114. The van der Waals surface area contributed by atoms with Crippen molar-refractivity contribution >= 4 is 23.1 Å². The molecule has 5 heteroatoms. The van der Waals surface area contributed by atoms with E-state index < -0.39 is 0 Å². The molecule has 0 amide bonds. The molecule has 4 nitrogen and oxygen atoms in total. The number of benzene rings is 2. The molecule has 5 rings (SSSR count). The second-order valence-corrected chi connectivity index (χ2v) is 7.77. The van der Waals surface area contributed by atoms with Gasteiger partial charge in [0.25, 0.3) is 0 Å². The quantitative estimate of drug-likeness (QED) is 0.689. The molecule has 2 heterocycles. The van der Waals surface area contributed by atoms with Crippen LogP contribution in [-0.2, 0) is 0 Å². The molecule has 3 aromatic rings. The molecule has 0 spiro atoms. The number of nitrogens with zero attached hydrogens (tertiary/aromatic N) is 2. The van der Waals surface area contributed by atoms with Gasteiger partial charge >= 0.3 is 0 Å². The average Bonchev–Trinajstić information content (AvgIpc) is 3.45. The van der Waals surface area contributed by atoms with Gasteiger partial charge in [0.05, 0.1) is 5.69 Å². The Balaban J connectivity index is 1.40. The molecule has 1 aliphatic carbocycles. The van der Waals surface area contributed by atoms with Crippen molar-refractivity contribution in [3.8, 4) is 11.6 Å². The van der Waals surface area contributed by atoms with Crippen molar-refractivity contribution in [1.29, 1.82) is 0 Å². The fourth-order valence-corrected chi connectivity index (χ4v) is 4.39. The number of fused-ring (bicyclic) bond motifs is 1. The van der Waals surface area contributed by atoms with Gasteiger partial charge in [-0.05, 0) is 61.2 Å². The van der Waals surface area contributed by atoms with E-state index in [0.717, 1.165) is 23.0 Å². The normalized spacial score (nSPS) is 18.7. The van der Waals surface area contributed by atoms with Crippen molar-refractivity contribution in [2.45, 2.75) is 29.2 Å². The Morgan fingerprint density at radius 1 is 1.00 bits per heavy atom. The van der Waals surface area contributed by atoms with Gasteiger partial charge < -0.3 is 15.4 Å². The number of para-hydroxylation sites is 1. The molecule has 1 fully saturated rings. The molecular weight excluding hydrogens is 342 g/mol. The summed E-state index contributed by atoms with van der Waals surface area (Å²) in [6, 6.07) is 20.5. The van der Waals surface area contributed by atoms with E-state index in [1.165, 1.54) is 23.3 Å². The predicted molar refractivity (Wildman–Crippen MR) is 105 cm³/mol. The van der Waals surface area contributed by atoms with Crippen LogP contribution in [0.5, 0.6) is 11.6 Å². The van der Waals surface area contributed by atoms with Crippen LogP contribution in [0.15, 0.2) is 71.8 Å². The number of ether oxygens (including phenoxy) is 1. The SMILES string of the molecule is NC1Sc2ccccc2N1c1ccc(Oc2ncccc2C2CC2)cc1. The second kappa shape index (κ2) is 6.34. The van der Waals surface area contributed by atoms with E-state index in [2.05, 4.69) is 40.2 Å². The van der Waals surface area contributed by atoms with Crippen LogP contribution in [0.1, 0.15) is 24.3 Å². The van der Waals surface area contributed by atoms with E-state index >= 15 is 0 Å². The van der Waals surface area contributed by atoms with Gasteiger partial charge in [0.2, 0.25) is 5.88 Å². The second-order valence-electron chi connectivity index (χ2n) is 6.61. The highest BCUT2D eigenvalue weighted by atomic mass is 32.2. The molecule has 0 saturated heterocycles. The molecule has 130 valence electrons. The van der Waals surface area contributed by atoms with E-state index in [4.69, 9.17) is 10.5 Å². The monoisotopic (exact) mass is 361 g/mol. The first-order valence-corrected chi connectivity index (χ1v) is 9.71. The summed E-state index contributed by atoms with van der Waals surface area (Å²) in [4.78, 5) is 7.78. The molecule has 1 aliphatic heterocycles. The first-order chi connectivity index (χ1) is 12.8. The third-order valence-corrected chi connectivity index (χ3v) is 5.83. The van der Waals surface area contributed by atoms with Crippen LogP contribution in [0.25, 0.3) is 0 Å². The van der Waals surface area contributed by atoms with Crippen LogP contribution in [0.3, 0.4) is 0 Å². The van der Waals surface area contributed by atoms with Crippen LogP contribution in [0.2, 0.25) is 0 Å². The molecule has 0 bridgehead atoms. The third kappa shape index (κ3) is 2.83. The van der Waals surface area contributed by atoms with Crippen LogP contribution in [0, 0.1) is 0 Å². The summed E-state index contributed by atoms with van der Waals surface area (Å²) in [5.74, 6) is 2.12. The van der Waals surface area contributed by atoms with Gasteiger partial charge in [0.1, 0.15) is 11.2 Å². The van der Waals surface area contributed by atoms with Crippen LogP contribution < -0.4 is 15.4 Å². The predicted octanol–water partition coefficient (Wildman–Crippen LogP) is 5.24. The molecule has 2 N–H and O–H groups in total. The fraction of sp³-hybridized carbons (Fsp3) is 0.190. The number of nitrogens with two attached hydrogens (primary N) is 1. The molecule has 1 aromatic heterocycles. The maximum absolute atomic E-state index is 6.33. The summed E-state index contributed by atoms with van der Waals surface area (Å²) < 4.78 is 6.06. The molecule has 1 unspecified atom stereocenters. The summed E-state index contributed by atoms with van der Waals surface area (Å²) in [6.07, 6.45) is 4.24. The number of aromatic nitrogens is 1. The van der Waals surface area contributed by atoms with Crippen LogP contribution >= 0.6 is 11.8 Å². The van der Waals surface area contributed by atoms with Crippen molar-refractivity contribution in [2.75, 3.05) is 4.90 Å². The highest BCUT2D eigenvalue weighted by Crippen LogP contribution is 2.46. The van der Waals surface area contributed by atoms with Crippen LogP contribution in [-0.4, -0.2) is 10.5 Å². The van der Waals surface area contributed by atoms with E-state index in [0.29, 0.717) is 5.92 Å². The lowest BCUT2D eigenvalue weighted by Gasteiger charge is -2.23. The highest BCUT2D eigenvalue weighted by molar-refractivity contribution is 8.00. The van der Waals surface area contributed by atoms with E-state index in [1.807, 2.05) is 30.3 Å². The molecule has 2 aliphatic rings. The lowest BCUT2D eigenvalue weighted by atomic mass is 10.2. The van der Waals surface area contributed by atoms with Gasteiger partial charge in [0, 0.05) is 22.3 Å². The van der Waals surface area contributed by atoms with Crippen LogP contribution in [0.4, 0.5) is 11.4 Å². The third-order valence-electron chi connectivity index (χ3n) is 4.77. The van der Waals surface area contributed by atoms with E-state index in [1.54, 1.807) is 18.0 Å². The first kappa shape index (κ1) is 15.7.